The Balaban J connectivity index is 0. The SMILES string of the molecule is CC#CC(C)(N)COCC.Cl. The van der Waals surface area contributed by atoms with Gasteiger partial charge in [0.15, 0.2) is 0 Å². The van der Waals surface area contributed by atoms with Crippen molar-refractivity contribution < 1.29 is 4.74 Å². The molecule has 0 aliphatic heterocycles. The van der Waals surface area contributed by atoms with Gasteiger partial charge >= 0.3 is 0 Å². The van der Waals surface area contributed by atoms with Crippen LogP contribution in [0.4, 0.5) is 0 Å². The van der Waals surface area contributed by atoms with E-state index in [1.165, 1.54) is 0 Å². The third-order valence-electron chi connectivity index (χ3n) is 1.02. The summed E-state index contributed by atoms with van der Waals surface area (Å²) in [6, 6.07) is 0. The van der Waals surface area contributed by atoms with Crippen LogP contribution in [0.1, 0.15) is 20.8 Å². The van der Waals surface area contributed by atoms with Crippen LogP contribution in [0.5, 0.6) is 0 Å². The molecule has 0 aromatic rings. The lowest BCUT2D eigenvalue weighted by Crippen LogP contribution is -2.39. The van der Waals surface area contributed by atoms with Crippen molar-refractivity contribution in [3.05, 3.63) is 0 Å². The maximum absolute atomic E-state index is 5.71. The average molecular weight is 178 g/mol. The van der Waals surface area contributed by atoms with Gasteiger partial charge in [-0.25, -0.2) is 0 Å². The van der Waals surface area contributed by atoms with Gasteiger partial charge in [-0.3, -0.25) is 0 Å². The van der Waals surface area contributed by atoms with Gasteiger partial charge in [0.25, 0.3) is 0 Å². The summed E-state index contributed by atoms with van der Waals surface area (Å²) in [5.74, 6) is 5.62. The van der Waals surface area contributed by atoms with Gasteiger partial charge in [-0.1, -0.05) is 5.92 Å². The Morgan fingerprint density at radius 3 is 2.45 bits per heavy atom. The number of nitrogens with two attached hydrogens (primary N) is 1. The van der Waals surface area contributed by atoms with E-state index in [0.717, 1.165) is 0 Å². The molecule has 0 aromatic carbocycles. The van der Waals surface area contributed by atoms with Crippen LogP contribution in [0.2, 0.25) is 0 Å². The third kappa shape index (κ3) is 7.67. The predicted molar refractivity (Wildman–Crippen MR) is 49.8 cm³/mol. The molecule has 1 atom stereocenters. The molecule has 11 heavy (non-hydrogen) atoms. The van der Waals surface area contributed by atoms with Crippen LogP contribution in [-0.2, 0) is 4.74 Å². The highest BCUT2D eigenvalue weighted by atomic mass is 35.5. The first-order valence-electron chi connectivity index (χ1n) is 3.43. The van der Waals surface area contributed by atoms with E-state index in [0.29, 0.717) is 13.2 Å². The highest BCUT2D eigenvalue weighted by molar-refractivity contribution is 5.85. The zero-order valence-corrected chi connectivity index (χ0v) is 8.12. The number of hydrogen-bond acceptors (Lipinski definition) is 2. The number of halogens is 1. The molecule has 0 amide bonds. The quantitative estimate of drug-likeness (QED) is 0.658. The summed E-state index contributed by atoms with van der Waals surface area (Å²) in [6.45, 7) is 6.77. The summed E-state index contributed by atoms with van der Waals surface area (Å²) >= 11 is 0. The molecule has 0 aromatic heterocycles. The second-order valence-corrected chi connectivity index (χ2v) is 2.43. The van der Waals surface area contributed by atoms with Gasteiger partial charge in [0, 0.05) is 6.61 Å². The van der Waals surface area contributed by atoms with Crippen LogP contribution in [0, 0.1) is 11.8 Å². The second kappa shape index (κ2) is 6.48. The van der Waals surface area contributed by atoms with Crippen LogP contribution in [0.3, 0.4) is 0 Å². The van der Waals surface area contributed by atoms with Crippen molar-refractivity contribution in [2.75, 3.05) is 13.2 Å². The summed E-state index contributed by atoms with van der Waals surface area (Å²) < 4.78 is 5.12. The molecule has 0 radical (unpaired) electrons. The summed E-state index contributed by atoms with van der Waals surface area (Å²) in [5.41, 5.74) is 5.23. The highest BCUT2D eigenvalue weighted by Gasteiger charge is 2.13. The van der Waals surface area contributed by atoms with E-state index in [4.69, 9.17) is 10.5 Å². The Kier molecular flexibility index (Phi) is 7.87. The molecule has 0 aliphatic rings. The number of hydrogen-bond donors (Lipinski definition) is 1. The Morgan fingerprint density at radius 2 is 2.09 bits per heavy atom. The van der Waals surface area contributed by atoms with E-state index >= 15 is 0 Å². The molecule has 0 bridgehead atoms. The maximum Gasteiger partial charge on any atom is 0.0983 e. The van der Waals surface area contributed by atoms with Gasteiger partial charge in [-0.05, 0) is 20.8 Å². The number of rotatable bonds is 3. The number of ether oxygens (including phenoxy) is 1. The standard InChI is InChI=1S/C8H15NO.ClH/c1-4-6-8(3,9)7-10-5-2;/h5,7,9H2,1-3H3;1H. The van der Waals surface area contributed by atoms with Gasteiger partial charge < -0.3 is 10.5 Å². The molecule has 0 spiro atoms. The van der Waals surface area contributed by atoms with Crippen molar-refractivity contribution in [1.82, 2.24) is 0 Å². The van der Waals surface area contributed by atoms with Crippen molar-refractivity contribution in [2.24, 2.45) is 5.73 Å². The Hall–Kier alpha value is -0.230. The first-order valence-corrected chi connectivity index (χ1v) is 3.43. The van der Waals surface area contributed by atoms with E-state index in [9.17, 15) is 0 Å². The van der Waals surface area contributed by atoms with Crippen molar-refractivity contribution in [2.45, 2.75) is 26.3 Å². The zero-order valence-electron chi connectivity index (χ0n) is 7.31. The molecule has 0 saturated carbocycles. The molecule has 0 aliphatic carbocycles. The molecule has 66 valence electrons. The Labute approximate surface area is 74.9 Å². The lowest BCUT2D eigenvalue weighted by Gasteiger charge is -2.16. The van der Waals surface area contributed by atoms with E-state index in [-0.39, 0.29) is 12.4 Å². The van der Waals surface area contributed by atoms with Crippen molar-refractivity contribution in [1.29, 1.82) is 0 Å². The van der Waals surface area contributed by atoms with Crippen molar-refractivity contribution in [3.8, 4) is 11.8 Å². The van der Waals surface area contributed by atoms with Crippen LogP contribution < -0.4 is 5.73 Å². The van der Waals surface area contributed by atoms with E-state index in [2.05, 4.69) is 11.8 Å². The molecule has 0 heterocycles. The van der Waals surface area contributed by atoms with E-state index < -0.39 is 5.54 Å². The van der Waals surface area contributed by atoms with Crippen LogP contribution in [-0.4, -0.2) is 18.8 Å². The summed E-state index contributed by atoms with van der Waals surface area (Å²) in [4.78, 5) is 0. The van der Waals surface area contributed by atoms with Gasteiger partial charge in [0.2, 0.25) is 0 Å². The van der Waals surface area contributed by atoms with Gasteiger partial charge in [-0.2, -0.15) is 0 Å². The zero-order chi connectivity index (χ0) is 8.04. The monoisotopic (exact) mass is 177 g/mol. The molecule has 1 unspecified atom stereocenters. The normalized spacial score (nSPS) is 13.8. The summed E-state index contributed by atoms with van der Waals surface area (Å²) in [6.07, 6.45) is 0. The van der Waals surface area contributed by atoms with Crippen molar-refractivity contribution >= 4 is 12.4 Å². The Bertz CT molecular complexity index is 146. The topological polar surface area (TPSA) is 35.2 Å². The molecular formula is C8H16ClNO. The predicted octanol–water partition coefficient (Wildman–Crippen LogP) is 1.19. The van der Waals surface area contributed by atoms with Crippen LogP contribution >= 0.6 is 12.4 Å². The van der Waals surface area contributed by atoms with E-state index in [1.807, 2.05) is 13.8 Å². The van der Waals surface area contributed by atoms with E-state index in [1.54, 1.807) is 6.92 Å². The lowest BCUT2D eigenvalue weighted by molar-refractivity contribution is 0.120. The highest BCUT2D eigenvalue weighted by Crippen LogP contribution is 1.96. The third-order valence-corrected chi connectivity index (χ3v) is 1.02. The summed E-state index contributed by atoms with van der Waals surface area (Å²) in [5, 5.41) is 0. The fourth-order valence-electron chi connectivity index (χ4n) is 0.636. The van der Waals surface area contributed by atoms with Gasteiger partial charge in [0.1, 0.15) is 0 Å². The molecule has 0 fully saturated rings. The minimum atomic E-state index is -0.481. The molecule has 2 nitrogen and oxygen atoms in total. The fraction of sp³-hybridized carbons (Fsp3) is 0.750. The molecule has 0 saturated heterocycles. The molecule has 2 N–H and O–H groups in total. The fourth-order valence-corrected chi connectivity index (χ4v) is 0.636. The Morgan fingerprint density at radius 1 is 1.55 bits per heavy atom. The molecule has 3 heteroatoms. The minimum absolute atomic E-state index is 0. The van der Waals surface area contributed by atoms with Gasteiger partial charge in [0.05, 0.1) is 12.1 Å². The first kappa shape index (κ1) is 13.4. The lowest BCUT2D eigenvalue weighted by atomic mass is 10.1. The van der Waals surface area contributed by atoms with Crippen LogP contribution in [0.25, 0.3) is 0 Å². The summed E-state index contributed by atoms with van der Waals surface area (Å²) in [7, 11) is 0. The first-order chi connectivity index (χ1) is 4.62. The second-order valence-electron chi connectivity index (χ2n) is 2.43. The van der Waals surface area contributed by atoms with Gasteiger partial charge in [-0.15, -0.1) is 18.3 Å². The average Bonchev–Trinajstić information content (AvgIpc) is 1.84. The van der Waals surface area contributed by atoms with Crippen LogP contribution in [0.15, 0.2) is 0 Å². The smallest absolute Gasteiger partial charge is 0.0983 e. The maximum atomic E-state index is 5.71. The van der Waals surface area contributed by atoms with Crippen molar-refractivity contribution in [3.63, 3.8) is 0 Å². The minimum Gasteiger partial charge on any atom is -0.379 e. The molecule has 0 rings (SSSR count). The largest absolute Gasteiger partial charge is 0.379 e. The molecular weight excluding hydrogens is 162 g/mol.